The van der Waals surface area contributed by atoms with E-state index in [1.165, 1.54) is 77.4 Å². The number of fused-ring (bicyclic) bond motifs is 13. The van der Waals surface area contributed by atoms with Crippen LogP contribution in [0.1, 0.15) is 40.3 Å². The van der Waals surface area contributed by atoms with E-state index in [9.17, 15) is 0 Å². The SMILES string of the molecule is CCc1ccc2c(c1)c1cc(C)ccc1n2-c1ccc(N(c2ccccc2)c2ccc3c(c2)C2(c4ccccc4-c4ccccc42)c2ccccc2-3)cc1. The first-order valence-electron chi connectivity index (χ1n) is 19.1. The summed E-state index contributed by atoms with van der Waals surface area (Å²) in [5.41, 5.74) is 19.9. The van der Waals surface area contributed by atoms with E-state index in [1.807, 2.05) is 0 Å². The van der Waals surface area contributed by atoms with Crippen LogP contribution >= 0.6 is 0 Å². The quantitative estimate of drug-likeness (QED) is 0.175. The fourth-order valence-corrected chi connectivity index (χ4v) is 9.68. The fourth-order valence-electron chi connectivity index (χ4n) is 9.68. The number of para-hydroxylation sites is 1. The normalized spacial score (nSPS) is 13.2. The Kier molecular flexibility index (Phi) is 6.69. The average molecular weight is 691 g/mol. The van der Waals surface area contributed by atoms with E-state index in [4.69, 9.17) is 0 Å². The van der Waals surface area contributed by atoms with Gasteiger partial charge in [-0.1, -0.05) is 122 Å². The number of hydrogen-bond donors (Lipinski definition) is 0. The Bertz CT molecular complexity index is 2870. The first-order chi connectivity index (χ1) is 26.6. The molecule has 0 aliphatic heterocycles. The molecule has 0 N–H and O–H groups in total. The summed E-state index contributed by atoms with van der Waals surface area (Å²) in [7, 11) is 0. The molecule has 0 saturated heterocycles. The fraction of sp³-hybridized carbons (Fsp3) is 0.0769. The third-order valence-electron chi connectivity index (χ3n) is 12.0. The smallest absolute Gasteiger partial charge is 0.0726 e. The highest BCUT2D eigenvalue weighted by Crippen LogP contribution is 2.63. The van der Waals surface area contributed by atoms with Crippen molar-refractivity contribution in [3.63, 3.8) is 0 Å². The van der Waals surface area contributed by atoms with Gasteiger partial charge in [-0.15, -0.1) is 0 Å². The molecule has 1 heterocycles. The van der Waals surface area contributed by atoms with E-state index >= 15 is 0 Å². The van der Waals surface area contributed by atoms with E-state index in [-0.39, 0.29) is 0 Å². The molecule has 2 nitrogen and oxygen atoms in total. The van der Waals surface area contributed by atoms with Crippen molar-refractivity contribution < 1.29 is 0 Å². The van der Waals surface area contributed by atoms with Gasteiger partial charge >= 0.3 is 0 Å². The Morgan fingerprint density at radius 1 is 0.444 bits per heavy atom. The first kappa shape index (κ1) is 30.9. The van der Waals surface area contributed by atoms with Crippen LogP contribution in [0.15, 0.2) is 182 Å². The summed E-state index contributed by atoms with van der Waals surface area (Å²) in [5, 5.41) is 2.62. The maximum atomic E-state index is 2.47. The van der Waals surface area contributed by atoms with Gasteiger partial charge < -0.3 is 9.47 Å². The van der Waals surface area contributed by atoms with Crippen LogP contribution in [0.25, 0.3) is 49.7 Å². The lowest BCUT2D eigenvalue weighted by Gasteiger charge is -2.32. The van der Waals surface area contributed by atoms with Crippen LogP contribution in [0.3, 0.4) is 0 Å². The predicted molar refractivity (Wildman–Crippen MR) is 226 cm³/mol. The molecule has 9 aromatic rings. The minimum Gasteiger partial charge on any atom is -0.310 e. The summed E-state index contributed by atoms with van der Waals surface area (Å²) < 4.78 is 2.42. The zero-order valence-corrected chi connectivity index (χ0v) is 30.4. The molecule has 2 heteroatoms. The number of nitrogens with zero attached hydrogens (tertiary/aromatic N) is 2. The molecule has 0 atom stereocenters. The van der Waals surface area contributed by atoms with Crippen molar-refractivity contribution in [2.75, 3.05) is 4.90 Å². The minimum absolute atomic E-state index is 0.395. The molecule has 0 saturated carbocycles. The highest BCUT2D eigenvalue weighted by molar-refractivity contribution is 6.09. The number of rotatable bonds is 5. The van der Waals surface area contributed by atoms with Gasteiger partial charge in [0.05, 0.1) is 16.4 Å². The molecule has 0 radical (unpaired) electrons. The molecule has 1 spiro atoms. The Hall–Kier alpha value is -6.64. The van der Waals surface area contributed by atoms with E-state index in [0.29, 0.717) is 0 Å². The summed E-state index contributed by atoms with van der Waals surface area (Å²) in [6.45, 7) is 4.41. The minimum atomic E-state index is -0.395. The molecule has 2 aliphatic rings. The van der Waals surface area contributed by atoms with Gasteiger partial charge in [-0.2, -0.15) is 0 Å². The Balaban J connectivity index is 1.10. The van der Waals surface area contributed by atoms with Gasteiger partial charge in [-0.3, -0.25) is 0 Å². The second kappa shape index (κ2) is 11.7. The van der Waals surface area contributed by atoms with Gasteiger partial charge in [-0.05, 0) is 136 Å². The van der Waals surface area contributed by atoms with Crippen molar-refractivity contribution in [2.45, 2.75) is 25.7 Å². The molecule has 0 fully saturated rings. The first-order valence-corrected chi connectivity index (χ1v) is 19.1. The second-order valence-electron chi connectivity index (χ2n) is 14.9. The summed E-state index contributed by atoms with van der Waals surface area (Å²) >= 11 is 0. The van der Waals surface area contributed by atoms with Gasteiger partial charge in [0.2, 0.25) is 0 Å². The van der Waals surface area contributed by atoms with Crippen molar-refractivity contribution >= 4 is 38.9 Å². The third-order valence-corrected chi connectivity index (χ3v) is 12.0. The van der Waals surface area contributed by atoms with Crippen LogP contribution in [0.5, 0.6) is 0 Å². The molecule has 2 aliphatic carbocycles. The van der Waals surface area contributed by atoms with Crippen LogP contribution in [0, 0.1) is 6.92 Å². The van der Waals surface area contributed by atoms with E-state index in [2.05, 4.69) is 205 Å². The topological polar surface area (TPSA) is 8.17 Å². The lowest BCUT2D eigenvalue weighted by molar-refractivity contribution is 0.793. The second-order valence-corrected chi connectivity index (χ2v) is 14.9. The van der Waals surface area contributed by atoms with Crippen molar-refractivity contribution in [1.29, 1.82) is 0 Å². The van der Waals surface area contributed by atoms with Crippen molar-refractivity contribution in [2.24, 2.45) is 0 Å². The predicted octanol–water partition coefficient (Wildman–Crippen LogP) is 13.5. The van der Waals surface area contributed by atoms with Gasteiger partial charge in [-0.25, -0.2) is 0 Å². The van der Waals surface area contributed by atoms with E-state index in [0.717, 1.165) is 29.2 Å². The Morgan fingerprint density at radius 2 is 0.963 bits per heavy atom. The summed E-state index contributed by atoms with van der Waals surface area (Å²) in [5.74, 6) is 0. The maximum absolute atomic E-state index is 2.47. The van der Waals surface area contributed by atoms with Crippen LogP contribution in [-0.4, -0.2) is 4.57 Å². The maximum Gasteiger partial charge on any atom is 0.0726 e. The molecular weight excluding hydrogens is 653 g/mol. The molecule has 11 rings (SSSR count). The Labute approximate surface area is 316 Å². The number of hydrogen-bond acceptors (Lipinski definition) is 1. The van der Waals surface area contributed by atoms with Crippen LogP contribution in [-0.2, 0) is 11.8 Å². The van der Waals surface area contributed by atoms with Crippen molar-refractivity contribution in [3.8, 4) is 27.9 Å². The van der Waals surface area contributed by atoms with Crippen molar-refractivity contribution in [3.05, 3.63) is 215 Å². The number of aryl methyl sites for hydroxylation is 2. The third kappa shape index (κ3) is 4.22. The van der Waals surface area contributed by atoms with E-state index in [1.54, 1.807) is 0 Å². The van der Waals surface area contributed by atoms with Gasteiger partial charge in [0.15, 0.2) is 0 Å². The van der Waals surface area contributed by atoms with Gasteiger partial charge in [0.1, 0.15) is 0 Å². The lowest BCUT2D eigenvalue weighted by Crippen LogP contribution is -2.26. The largest absolute Gasteiger partial charge is 0.310 e. The number of anilines is 3. The van der Waals surface area contributed by atoms with Crippen LogP contribution in [0.2, 0.25) is 0 Å². The van der Waals surface area contributed by atoms with Crippen molar-refractivity contribution in [1.82, 2.24) is 4.57 Å². The van der Waals surface area contributed by atoms with E-state index < -0.39 is 5.41 Å². The molecule has 0 amide bonds. The van der Waals surface area contributed by atoms with Gasteiger partial charge in [0, 0.05) is 33.5 Å². The van der Waals surface area contributed by atoms with Gasteiger partial charge in [0.25, 0.3) is 0 Å². The molecule has 0 unspecified atom stereocenters. The summed E-state index contributed by atoms with van der Waals surface area (Å²) in [4.78, 5) is 2.41. The summed E-state index contributed by atoms with van der Waals surface area (Å²) in [6.07, 6.45) is 1.02. The zero-order chi connectivity index (χ0) is 36.0. The molecular formula is C52H38N2. The monoisotopic (exact) mass is 690 g/mol. The standard InChI is InChI=1S/C52H38N2/c1-3-35-22-30-51-45(32-35)44-31-34(2)21-29-50(44)54(51)38-25-23-37(24-26-38)53(36-13-5-4-6-14-36)39-27-28-43-42-17-9-12-20-48(42)52(49(43)33-39)46-18-10-7-15-40(46)41-16-8-11-19-47(41)52/h4-33H,3H2,1-2H3. The zero-order valence-electron chi connectivity index (χ0n) is 30.4. The molecule has 256 valence electrons. The molecule has 1 aromatic heterocycles. The van der Waals surface area contributed by atoms with Crippen LogP contribution in [0.4, 0.5) is 17.1 Å². The summed E-state index contributed by atoms with van der Waals surface area (Å²) in [6, 6.07) is 67.9. The Morgan fingerprint density at radius 3 is 1.59 bits per heavy atom. The number of aromatic nitrogens is 1. The lowest BCUT2D eigenvalue weighted by atomic mass is 9.70. The number of benzene rings is 8. The highest BCUT2D eigenvalue weighted by Gasteiger charge is 2.51. The molecule has 0 bridgehead atoms. The molecule has 8 aromatic carbocycles. The van der Waals surface area contributed by atoms with Crippen LogP contribution < -0.4 is 4.90 Å². The average Bonchev–Trinajstić information content (AvgIpc) is 3.83. The molecule has 54 heavy (non-hydrogen) atoms. The highest BCUT2D eigenvalue weighted by atomic mass is 15.1.